The maximum Gasteiger partial charge on any atom is 0.115 e. The van der Waals surface area contributed by atoms with Gasteiger partial charge in [-0.3, -0.25) is 4.98 Å². The Morgan fingerprint density at radius 3 is 2.80 bits per heavy atom. The summed E-state index contributed by atoms with van der Waals surface area (Å²) in [5.41, 5.74) is 4.04. The number of piperidine rings is 1. The highest BCUT2D eigenvalue weighted by atomic mass is 35.5. The number of likely N-dealkylation sites (N-methyl/N-ethyl adjacent to an activating group) is 1. The molecule has 6 heteroatoms. The molecule has 0 amide bonds. The van der Waals surface area contributed by atoms with Crippen LogP contribution < -0.4 is 0 Å². The Labute approximate surface area is 186 Å². The van der Waals surface area contributed by atoms with E-state index in [0.29, 0.717) is 17.9 Å². The minimum atomic E-state index is -0.898. The zero-order chi connectivity index (χ0) is 20.0. The molecule has 0 radical (unpaired) electrons. The molecule has 1 saturated heterocycles. The van der Waals surface area contributed by atoms with Crippen molar-refractivity contribution in [2.45, 2.75) is 42.7 Å². The molecular formula is C24H24Cl2N2O2. The Hall–Kier alpha value is -1.85. The number of aromatic hydroxyl groups is 1. The molecule has 2 N–H and O–H groups in total. The van der Waals surface area contributed by atoms with E-state index in [0.717, 1.165) is 47.1 Å². The molecular weight excluding hydrogens is 419 g/mol. The number of aromatic nitrogens is 1. The van der Waals surface area contributed by atoms with Gasteiger partial charge in [-0.1, -0.05) is 23.7 Å². The van der Waals surface area contributed by atoms with Gasteiger partial charge in [0.25, 0.3) is 0 Å². The van der Waals surface area contributed by atoms with Crippen molar-refractivity contribution in [2.75, 3.05) is 13.6 Å². The summed E-state index contributed by atoms with van der Waals surface area (Å²) in [5, 5.41) is 24.2. The maximum absolute atomic E-state index is 12.3. The van der Waals surface area contributed by atoms with Crippen LogP contribution in [0.3, 0.4) is 0 Å². The average molecular weight is 443 g/mol. The van der Waals surface area contributed by atoms with Crippen LogP contribution in [0.15, 0.2) is 42.5 Å². The first-order valence-corrected chi connectivity index (χ1v) is 10.6. The maximum atomic E-state index is 12.3. The van der Waals surface area contributed by atoms with Crippen LogP contribution in [0.2, 0.25) is 5.02 Å². The molecule has 3 atom stereocenters. The summed E-state index contributed by atoms with van der Waals surface area (Å²) in [6.45, 7) is 0.927. The molecule has 0 spiro atoms. The number of halogens is 2. The van der Waals surface area contributed by atoms with Crippen LogP contribution in [0.25, 0.3) is 10.9 Å². The van der Waals surface area contributed by atoms with Crippen LogP contribution in [0.1, 0.15) is 28.8 Å². The van der Waals surface area contributed by atoms with Gasteiger partial charge < -0.3 is 15.1 Å². The lowest BCUT2D eigenvalue weighted by Crippen LogP contribution is -2.73. The second kappa shape index (κ2) is 6.57. The van der Waals surface area contributed by atoms with E-state index in [2.05, 4.69) is 18.0 Å². The van der Waals surface area contributed by atoms with Gasteiger partial charge >= 0.3 is 0 Å². The van der Waals surface area contributed by atoms with Gasteiger partial charge in [0, 0.05) is 40.4 Å². The summed E-state index contributed by atoms with van der Waals surface area (Å²) in [4.78, 5) is 7.29. The van der Waals surface area contributed by atoms with Crippen molar-refractivity contribution in [2.24, 2.45) is 0 Å². The molecule has 2 bridgehead atoms. The number of phenols is 1. The van der Waals surface area contributed by atoms with Gasteiger partial charge in [0.2, 0.25) is 0 Å². The van der Waals surface area contributed by atoms with Gasteiger partial charge in [0.15, 0.2) is 0 Å². The number of rotatable bonds is 0. The van der Waals surface area contributed by atoms with E-state index in [1.54, 1.807) is 6.07 Å². The fraction of sp³-hybridized carbons (Fsp3) is 0.375. The van der Waals surface area contributed by atoms with Gasteiger partial charge in [-0.2, -0.15) is 0 Å². The van der Waals surface area contributed by atoms with Gasteiger partial charge in [0.05, 0.1) is 11.1 Å². The highest BCUT2D eigenvalue weighted by Gasteiger charge is 2.64. The fourth-order valence-electron chi connectivity index (χ4n) is 6.26. The van der Waals surface area contributed by atoms with Crippen molar-refractivity contribution in [3.8, 4) is 5.75 Å². The SMILES string of the molecule is CN1CC[C@]23Cc4nc5cccc(Cl)c5cc4C[C@@]2(O)[C@H]1Cc1ccc(O)cc13.Cl. The average Bonchev–Trinajstić information content (AvgIpc) is 2.69. The van der Waals surface area contributed by atoms with E-state index < -0.39 is 11.0 Å². The van der Waals surface area contributed by atoms with Crippen LogP contribution >= 0.6 is 24.0 Å². The largest absolute Gasteiger partial charge is 0.508 e. The summed E-state index contributed by atoms with van der Waals surface area (Å²) in [6.07, 6.45) is 2.88. The molecule has 1 fully saturated rings. The Balaban J connectivity index is 0.00000193. The number of likely N-dealkylation sites (tertiary alicyclic amines) is 1. The van der Waals surface area contributed by atoms with Crippen LogP contribution in [-0.2, 0) is 24.7 Å². The normalized spacial score (nSPS) is 29.5. The Morgan fingerprint density at radius 1 is 1.13 bits per heavy atom. The number of hydrogen-bond donors (Lipinski definition) is 2. The molecule has 156 valence electrons. The summed E-state index contributed by atoms with van der Waals surface area (Å²) < 4.78 is 0. The molecule has 0 unspecified atom stereocenters. The third-order valence-electron chi connectivity index (χ3n) is 7.73. The van der Waals surface area contributed by atoms with E-state index in [1.807, 2.05) is 30.3 Å². The molecule has 0 saturated carbocycles. The molecule has 3 aliphatic rings. The lowest BCUT2D eigenvalue weighted by atomic mass is 9.49. The smallest absolute Gasteiger partial charge is 0.115 e. The van der Waals surface area contributed by atoms with E-state index in [4.69, 9.17) is 16.6 Å². The third kappa shape index (κ3) is 2.45. The number of pyridine rings is 1. The number of benzene rings is 2. The highest BCUT2D eigenvalue weighted by Crippen LogP contribution is 2.57. The zero-order valence-corrected chi connectivity index (χ0v) is 18.3. The third-order valence-corrected chi connectivity index (χ3v) is 8.06. The van der Waals surface area contributed by atoms with Gasteiger partial charge in [-0.25, -0.2) is 0 Å². The van der Waals surface area contributed by atoms with Crippen LogP contribution in [0, 0.1) is 0 Å². The number of phenolic OH excluding ortho intramolecular Hbond substituents is 1. The summed E-state index contributed by atoms with van der Waals surface area (Å²) in [6, 6.07) is 13.7. The van der Waals surface area contributed by atoms with Crippen molar-refractivity contribution in [1.82, 2.24) is 9.88 Å². The first-order chi connectivity index (χ1) is 13.9. The monoisotopic (exact) mass is 442 g/mol. The second-order valence-corrected chi connectivity index (χ2v) is 9.46. The molecule has 3 aromatic rings. The summed E-state index contributed by atoms with van der Waals surface area (Å²) in [5.74, 6) is 0.266. The number of fused-ring (bicyclic) bond motifs is 3. The van der Waals surface area contributed by atoms with Gasteiger partial charge in [-0.05, 0) is 73.5 Å². The van der Waals surface area contributed by atoms with Crippen molar-refractivity contribution < 1.29 is 10.2 Å². The van der Waals surface area contributed by atoms with Crippen molar-refractivity contribution in [3.05, 3.63) is 69.9 Å². The standard InChI is InChI=1S/C24H23ClN2O2.ClH/c1-27-8-7-23-13-21-15(9-17-19(25)3-2-4-20(17)26-21)12-24(23,29)22(27)10-14-5-6-16(28)11-18(14)23;/h2-6,9,11,22,28-29H,7-8,10,12-13H2,1H3;1H/t22-,23-,24-;/m1./s1. The molecule has 2 aliphatic carbocycles. The molecule has 1 aromatic heterocycles. The summed E-state index contributed by atoms with van der Waals surface area (Å²) >= 11 is 6.44. The van der Waals surface area contributed by atoms with Gasteiger partial charge in [0.1, 0.15) is 5.75 Å². The van der Waals surface area contributed by atoms with Crippen LogP contribution in [0.4, 0.5) is 0 Å². The summed E-state index contributed by atoms with van der Waals surface area (Å²) in [7, 11) is 2.11. The predicted molar refractivity (Wildman–Crippen MR) is 121 cm³/mol. The number of nitrogens with zero attached hydrogens (tertiary/aromatic N) is 2. The number of aliphatic hydroxyl groups is 1. The van der Waals surface area contributed by atoms with E-state index in [9.17, 15) is 10.2 Å². The quantitative estimate of drug-likeness (QED) is 0.551. The molecule has 30 heavy (non-hydrogen) atoms. The van der Waals surface area contributed by atoms with Crippen LogP contribution in [-0.4, -0.2) is 45.3 Å². The molecule has 2 heterocycles. The van der Waals surface area contributed by atoms with Crippen LogP contribution in [0.5, 0.6) is 5.75 Å². The molecule has 6 rings (SSSR count). The zero-order valence-electron chi connectivity index (χ0n) is 16.7. The Morgan fingerprint density at radius 2 is 1.97 bits per heavy atom. The van der Waals surface area contributed by atoms with E-state index in [1.165, 1.54) is 5.56 Å². The first kappa shape index (κ1) is 20.1. The topological polar surface area (TPSA) is 56.6 Å². The Bertz CT molecular complexity index is 1180. The highest BCUT2D eigenvalue weighted by molar-refractivity contribution is 6.35. The van der Waals surface area contributed by atoms with Crippen molar-refractivity contribution in [3.63, 3.8) is 0 Å². The fourth-order valence-corrected chi connectivity index (χ4v) is 6.48. The Kier molecular flexibility index (Phi) is 4.40. The number of hydrogen-bond acceptors (Lipinski definition) is 4. The first-order valence-electron chi connectivity index (χ1n) is 10.2. The minimum Gasteiger partial charge on any atom is -0.508 e. The lowest BCUT2D eigenvalue weighted by Gasteiger charge is -2.63. The molecule has 4 nitrogen and oxygen atoms in total. The lowest BCUT2D eigenvalue weighted by molar-refractivity contribution is -0.145. The molecule has 1 aliphatic heterocycles. The van der Waals surface area contributed by atoms with Gasteiger partial charge in [-0.15, -0.1) is 12.4 Å². The van der Waals surface area contributed by atoms with Crippen molar-refractivity contribution >= 4 is 34.9 Å². The van der Waals surface area contributed by atoms with Crippen molar-refractivity contribution in [1.29, 1.82) is 0 Å². The minimum absolute atomic E-state index is 0. The van der Waals surface area contributed by atoms with E-state index >= 15 is 0 Å². The molecule has 2 aromatic carbocycles. The predicted octanol–water partition coefficient (Wildman–Crippen LogP) is 4.04. The van der Waals surface area contributed by atoms with E-state index in [-0.39, 0.29) is 24.2 Å². The second-order valence-electron chi connectivity index (χ2n) is 9.05.